The zero-order valence-electron chi connectivity index (χ0n) is 17.0. The van der Waals surface area contributed by atoms with Gasteiger partial charge in [-0.25, -0.2) is 9.78 Å². The van der Waals surface area contributed by atoms with E-state index in [4.69, 9.17) is 9.15 Å². The Hall–Kier alpha value is -3.67. The SMILES string of the molecule is CCOC(=O)C(=O)C=Cc1ccc(OCCc2nc(-c3ccccc3)oc2C)cc1. The summed E-state index contributed by atoms with van der Waals surface area (Å²) in [5.74, 6) is 0.552. The number of ketones is 1. The zero-order valence-corrected chi connectivity index (χ0v) is 17.0. The van der Waals surface area contributed by atoms with Gasteiger partial charge in [0.1, 0.15) is 11.5 Å². The first-order chi connectivity index (χ1) is 14.6. The van der Waals surface area contributed by atoms with Crippen molar-refractivity contribution in [2.75, 3.05) is 13.2 Å². The molecule has 3 rings (SSSR count). The average Bonchev–Trinajstić information content (AvgIpc) is 3.14. The maximum atomic E-state index is 11.6. The summed E-state index contributed by atoms with van der Waals surface area (Å²) in [5.41, 5.74) is 2.59. The molecule has 0 amide bonds. The molecule has 0 aliphatic carbocycles. The number of hydrogen-bond donors (Lipinski definition) is 0. The number of ether oxygens (including phenoxy) is 2. The van der Waals surface area contributed by atoms with Gasteiger partial charge in [-0.05, 0) is 49.8 Å². The second kappa shape index (κ2) is 10.2. The maximum absolute atomic E-state index is 11.6. The molecule has 0 radical (unpaired) electrons. The molecule has 0 aliphatic rings. The van der Waals surface area contributed by atoms with Crippen LogP contribution in [-0.4, -0.2) is 30.0 Å². The molecule has 6 nitrogen and oxygen atoms in total. The van der Waals surface area contributed by atoms with E-state index in [0.717, 1.165) is 22.6 Å². The summed E-state index contributed by atoms with van der Waals surface area (Å²) in [7, 11) is 0. The Kier molecular flexibility index (Phi) is 7.16. The number of oxazole rings is 1. The van der Waals surface area contributed by atoms with Crippen molar-refractivity contribution in [2.24, 2.45) is 0 Å². The van der Waals surface area contributed by atoms with Crippen LogP contribution in [0, 0.1) is 6.92 Å². The molecule has 3 aromatic rings. The van der Waals surface area contributed by atoms with Crippen LogP contribution < -0.4 is 4.74 Å². The first-order valence-corrected chi connectivity index (χ1v) is 9.70. The predicted molar refractivity (Wildman–Crippen MR) is 113 cm³/mol. The summed E-state index contributed by atoms with van der Waals surface area (Å²) in [4.78, 5) is 27.4. The van der Waals surface area contributed by atoms with Gasteiger partial charge in [-0.2, -0.15) is 0 Å². The topological polar surface area (TPSA) is 78.6 Å². The normalized spacial score (nSPS) is 10.9. The molecule has 0 fully saturated rings. The first-order valence-electron chi connectivity index (χ1n) is 9.70. The highest BCUT2D eigenvalue weighted by molar-refractivity contribution is 6.39. The third-order valence-corrected chi connectivity index (χ3v) is 4.30. The van der Waals surface area contributed by atoms with E-state index in [-0.39, 0.29) is 6.61 Å². The van der Waals surface area contributed by atoms with E-state index in [1.54, 1.807) is 37.3 Å². The van der Waals surface area contributed by atoms with E-state index in [2.05, 4.69) is 9.72 Å². The molecular weight excluding hydrogens is 382 g/mol. The quantitative estimate of drug-likeness (QED) is 0.298. The molecule has 30 heavy (non-hydrogen) atoms. The molecule has 0 saturated heterocycles. The van der Waals surface area contributed by atoms with Gasteiger partial charge >= 0.3 is 5.97 Å². The highest BCUT2D eigenvalue weighted by atomic mass is 16.5. The Bertz CT molecular complexity index is 1020. The first kappa shape index (κ1) is 21.0. The number of rotatable bonds is 9. The molecule has 0 bridgehead atoms. The molecule has 2 aromatic carbocycles. The van der Waals surface area contributed by atoms with Gasteiger partial charge < -0.3 is 13.9 Å². The summed E-state index contributed by atoms with van der Waals surface area (Å²) in [6.07, 6.45) is 3.39. The van der Waals surface area contributed by atoms with Crippen LogP contribution in [0.4, 0.5) is 0 Å². The van der Waals surface area contributed by atoms with Gasteiger partial charge in [-0.3, -0.25) is 4.79 Å². The highest BCUT2D eigenvalue weighted by Gasteiger charge is 2.12. The number of aromatic nitrogens is 1. The Morgan fingerprint density at radius 1 is 1.07 bits per heavy atom. The third kappa shape index (κ3) is 5.67. The fraction of sp³-hybridized carbons (Fsp3) is 0.208. The minimum atomic E-state index is -0.854. The monoisotopic (exact) mass is 405 g/mol. The second-order valence-corrected chi connectivity index (χ2v) is 6.47. The van der Waals surface area contributed by atoms with Crippen LogP contribution in [0.25, 0.3) is 17.5 Å². The number of esters is 1. The standard InChI is InChI=1S/C24H23NO5/c1-3-28-24(27)22(26)14-11-18-9-12-20(13-10-18)29-16-15-21-17(2)30-23(25-21)19-7-5-4-6-8-19/h4-14H,3,15-16H2,1-2H3. The van der Waals surface area contributed by atoms with Gasteiger partial charge in [0.25, 0.3) is 5.78 Å². The molecule has 154 valence electrons. The second-order valence-electron chi connectivity index (χ2n) is 6.47. The van der Waals surface area contributed by atoms with Crippen LogP contribution >= 0.6 is 0 Å². The molecule has 0 aliphatic heterocycles. The maximum Gasteiger partial charge on any atom is 0.379 e. The number of aryl methyl sites for hydroxylation is 1. The smallest absolute Gasteiger partial charge is 0.379 e. The molecule has 0 saturated carbocycles. The Balaban J connectivity index is 1.52. The van der Waals surface area contributed by atoms with E-state index < -0.39 is 11.8 Å². The molecule has 1 aromatic heterocycles. The third-order valence-electron chi connectivity index (χ3n) is 4.30. The van der Waals surface area contributed by atoms with Crippen molar-refractivity contribution >= 4 is 17.8 Å². The number of nitrogens with zero attached hydrogens (tertiary/aromatic N) is 1. The van der Waals surface area contributed by atoms with Crippen molar-refractivity contribution in [3.8, 4) is 17.2 Å². The number of benzene rings is 2. The van der Waals surface area contributed by atoms with Gasteiger partial charge in [0, 0.05) is 12.0 Å². The van der Waals surface area contributed by atoms with Crippen LogP contribution in [0.15, 0.2) is 65.1 Å². The lowest BCUT2D eigenvalue weighted by Gasteiger charge is -2.05. The van der Waals surface area contributed by atoms with E-state index in [1.165, 1.54) is 6.08 Å². The van der Waals surface area contributed by atoms with Gasteiger partial charge in [-0.15, -0.1) is 0 Å². The molecule has 0 unspecified atom stereocenters. The van der Waals surface area contributed by atoms with E-state index >= 15 is 0 Å². The Morgan fingerprint density at radius 2 is 1.80 bits per heavy atom. The lowest BCUT2D eigenvalue weighted by atomic mass is 10.2. The number of hydrogen-bond acceptors (Lipinski definition) is 6. The molecule has 1 heterocycles. The lowest BCUT2D eigenvalue weighted by molar-refractivity contribution is -0.151. The summed E-state index contributed by atoms with van der Waals surface area (Å²) >= 11 is 0. The Morgan fingerprint density at radius 3 is 2.50 bits per heavy atom. The van der Waals surface area contributed by atoms with Crippen LogP contribution in [0.3, 0.4) is 0 Å². The van der Waals surface area contributed by atoms with Crippen molar-refractivity contribution in [3.05, 3.63) is 77.7 Å². The van der Waals surface area contributed by atoms with Crippen molar-refractivity contribution in [3.63, 3.8) is 0 Å². The summed E-state index contributed by atoms with van der Waals surface area (Å²) in [6.45, 7) is 4.18. The molecule has 6 heteroatoms. The molecular formula is C24H23NO5. The fourth-order valence-corrected chi connectivity index (χ4v) is 2.75. The Labute approximate surface area is 175 Å². The minimum absolute atomic E-state index is 0.173. The fourth-order valence-electron chi connectivity index (χ4n) is 2.75. The van der Waals surface area contributed by atoms with Crippen LogP contribution in [-0.2, 0) is 20.7 Å². The van der Waals surface area contributed by atoms with Crippen molar-refractivity contribution in [1.29, 1.82) is 0 Å². The van der Waals surface area contributed by atoms with Crippen molar-refractivity contribution < 1.29 is 23.5 Å². The van der Waals surface area contributed by atoms with Crippen LogP contribution in [0.1, 0.15) is 23.9 Å². The van der Waals surface area contributed by atoms with Gasteiger partial charge in [0.05, 0.1) is 18.9 Å². The van der Waals surface area contributed by atoms with Crippen molar-refractivity contribution in [1.82, 2.24) is 4.98 Å². The van der Waals surface area contributed by atoms with E-state index in [1.807, 2.05) is 37.3 Å². The number of carbonyl (C=O) groups is 2. The van der Waals surface area contributed by atoms with Gasteiger partial charge in [-0.1, -0.05) is 36.4 Å². The van der Waals surface area contributed by atoms with Gasteiger partial charge in [0.15, 0.2) is 0 Å². The van der Waals surface area contributed by atoms with Crippen LogP contribution in [0.5, 0.6) is 5.75 Å². The largest absolute Gasteiger partial charge is 0.493 e. The molecule has 0 spiro atoms. The van der Waals surface area contributed by atoms with Crippen LogP contribution in [0.2, 0.25) is 0 Å². The minimum Gasteiger partial charge on any atom is -0.493 e. The summed E-state index contributed by atoms with van der Waals surface area (Å²) < 4.78 is 16.2. The van der Waals surface area contributed by atoms with E-state index in [0.29, 0.717) is 24.7 Å². The highest BCUT2D eigenvalue weighted by Crippen LogP contribution is 2.22. The number of carbonyl (C=O) groups excluding carboxylic acids is 2. The van der Waals surface area contributed by atoms with Crippen molar-refractivity contribution in [2.45, 2.75) is 20.3 Å². The summed E-state index contributed by atoms with van der Waals surface area (Å²) in [6, 6.07) is 17.0. The molecule has 0 atom stereocenters. The summed E-state index contributed by atoms with van der Waals surface area (Å²) in [5, 5.41) is 0. The zero-order chi connectivity index (χ0) is 21.3. The van der Waals surface area contributed by atoms with E-state index in [9.17, 15) is 9.59 Å². The average molecular weight is 405 g/mol. The molecule has 0 N–H and O–H groups in total. The van der Waals surface area contributed by atoms with Gasteiger partial charge in [0.2, 0.25) is 5.89 Å². The predicted octanol–water partition coefficient (Wildman–Crippen LogP) is 4.42. The lowest BCUT2D eigenvalue weighted by Crippen LogP contribution is -2.14.